The third-order valence-corrected chi connectivity index (χ3v) is 4.27. The quantitative estimate of drug-likeness (QED) is 0.899. The Morgan fingerprint density at radius 2 is 1.84 bits per heavy atom. The van der Waals surface area contributed by atoms with Crippen LogP contribution in [0.4, 0.5) is 10.1 Å². The molecule has 0 aliphatic carbocycles. The minimum absolute atomic E-state index is 0.307. The van der Waals surface area contributed by atoms with Crippen LogP contribution in [-0.2, 0) is 0 Å². The van der Waals surface area contributed by atoms with Crippen molar-refractivity contribution in [2.45, 2.75) is 39.7 Å². The molecule has 0 spiro atoms. The number of benzene rings is 1. The van der Waals surface area contributed by atoms with E-state index in [2.05, 4.69) is 18.7 Å². The van der Waals surface area contributed by atoms with Gasteiger partial charge in [0.05, 0.1) is 6.10 Å². The van der Waals surface area contributed by atoms with Gasteiger partial charge in [0.2, 0.25) is 0 Å². The van der Waals surface area contributed by atoms with Crippen molar-refractivity contribution in [2.75, 3.05) is 18.0 Å². The number of rotatable bonds is 3. The maximum atomic E-state index is 13.9. The summed E-state index contributed by atoms with van der Waals surface area (Å²) in [6.45, 7) is 8.06. The van der Waals surface area contributed by atoms with Crippen LogP contribution in [-0.4, -0.2) is 18.2 Å². The van der Waals surface area contributed by atoms with Crippen LogP contribution in [0.25, 0.3) is 0 Å². The number of aliphatic hydroxyl groups is 1. The molecule has 19 heavy (non-hydrogen) atoms. The smallest absolute Gasteiger partial charge is 0.131 e. The van der Waals surface area contributed by atoms with E-state index in [0.29, 0.717) is 11.5 Å². The minimum Gasteiger partial charge on any atom is -0.389 e. The zero-order valence-electron chi connectivity index (χ0n) is 12.1. The van der Waals surface area contributed by atoms with E-state index in [1.165, 1.54) is 6.07 Å². The fourth-order valence-electron chi connectivity index (χ4n) is 3.02. The summed E-state index contributed by atoms with van der Waals surface area (Å²) in [5, 5.41) is 9.79. The fourth-order valence-corrected chi connectivity index (χ4v) is 3.02. The summed E-state index contributed by atoms with van der Waals surface area (Å²) in [6.07, 6.45) is 1.53. The molecule has 3 heteroatoms. The van der Waals surface area contributed by atoms with Gasteiger partial charge < -0.3 is 10.0 Å². The predicted octanol–water partition coefficient (Wildman–Crippen LogP) is 3.75. The second kappa shape index (κ2) is 5.91. The Labute approximate surface area is 115 Å². The molecule has 2 rings (SSSR count). The van der Waals surface area contributed by atoms with Gasteiger partial charge in [-0.1, -0.05) is 19.9 Å². The lowest BCUT2D eigenvalue weighted by molar-refractivity contribution is 0.194. The van der Waals surface area contributed by atoms with E-state index in [4.69, 9.17) is 0 Å². The summed E-state index contributed by atoms with van der Waals surface area (Å²) in [7, 11) is 0. The molecule has 1 aliphatic heterocycles. The molecule has 0 saturated carbocycles. The standard InChI is InChI=1S/C16H24FNO/c1-11(2)13-7-9-18(10-8-13)15-6-4-5-14(17)16(15)12(3)19/h4-6,11-13,19H,7-10H2,1-3H3/t12-/m0/s1. The molecule has 0 aromatic heterocycles. The van der Waals surface area contributed by atoms with Crippen LogP contribution in [0.1, 0.15) is 45.3 Å². The van der Waals surface area contributed by atoms with Gasteiger partial charge in [0.15, 0.2) is 0 Å². The lowest BCUT2D eigenvalue weighted by Crippen LogP contribution is -2.36. The van der Waals surface area contributed by atoms with E-state index in [9.17, 15) is 9.50 Å². The van der Waals surface area contributed by atoms with Gasteiger partial charge in [-0.3, -0.25) is 0 Å². The Balaban J connectivity index is 2.18. The first-order valence-corrected chi connectivity index (χ1v) is 7.22. The Kier molecular flexibility index (Phi) is 4.46. The Bertz CT molecular complexity index is 423. The van der Waals surface area contributed by atoms with Gasteiger partial charge in [-0.05, 0) is 43.7 Å². The van der Waals surface area contributed by atoms with Crippen LogP contribution in [0.5, 0.6) is 0 Å². The molecule has 2 nitrogen and oxygen atoms in total. The number of hydrogen-bond acceptors (Lipinski definition) is 2. The van der Waals surface area contributed by atoms with Gasteiger partial charge >= 0.3 is 0 Å². The van der Waals surface area contributed by atoms with Crippen molar-refractivity contribution in [1.29, 1.82) is 0 Å². The van der Waals surface area contributed by atoms with Crippen LogP contribution in [0.2, 0.25) is 0 Å². The van der Waals surface area contributed by atoms with Gasteiger partial charge in [-0.2, -0.15) is 0 Å². The summed E-state index contributed by atoms with van der Waals surface area (Å²) < 4.78 is 13.9. The Hall–Kier alpha value is -1.09. The van der Waals surface area contributed by atoms with Crippen LogP contribution in [0, 0.1) is 17.7 Å². The molecule has 1 heterocycles. The van der Waals surface area contributed by atoms with Crippen LogP contribution < -0.4 is 4.90 Å². The molecule has 1 atom stereocenters. The second-order valence-electron chi connectivity index (χ2n) is 5.92. The van der Waals surface area contributed by atoms with Gasteiger partial charge in [-0.15, -0.1) is 0 Å². The summed E-state index contributed by atoms with van der Waals surface area (Å²) >= 11 is 0. The highest BCUT2D eigenvalue weighted by molar-refractivity contribution is 5.55. The lowest BCUT2D eigenvalue weighted by atomic mass is 9.86. The van der Waals surface area contributed by atoms with E-state index in [1.807, 2.05) is 6.07 Å². The fraction of sp³-hybridized carbons (Fsp3) is 0.625. The minimum atomic E-state index is -0.765. The molecule has 106 valence electrons. The third kappa shape index (κ3) is 3.08. The summed E-state index contributed by atoms with van der Waals surface area (Å²) in [5.74, 6) is 1.17. The average molecular weight is 265 g/mol. The number of piperidine rings is 1. The van der Waals surface area contributed by atoms with E-state index in [0.717, 1.165) is 37.5 Å². The topological polar surface area (TPSA) is 23.5 Å². The molecule has 1 aromatic rings. The monoisotopic (exact) mass is 265 g/mol. The van der Waals surface area contributed by atoms with Crippen LogP contribution in [0.3, 0.4) is 0 Å². The first-order valence-electron chi connectivity index (χ1n) is 7.22. The van der Waals surface area contributed by atoms with Crippen molar-refractivity contribution in [3.05, 3.63) is 29.6 Å². The normalized spacial score (nSPS) is 18.9. The van der Waals surface area contributed by atoms with E-state index >= 15 is 0 Å². The van der Waals surface area contributed by atoms with Gasteiger partial charge in [0, 0.05) is 24.3 Å². The van der Waals surface area contributed by atoms with Crippen LogP contribution >= 0.6 is 0 Å². The van der Waals surface area contributed by atoms with E-state index < -0.39 is 6.10 Å². The molecule has 0 amide bonds. The molecule has 1 aromatic carbocycles. The third-order valence-electron chi connectivity index (χ3n) is 4.27. The lowest BCUT2D eigenvalue weighted by Gasteiger charge is -2.36. The zero-order chi connectivity index (χ0) is 14.0. The molecule has 1 fully saturated rings. The average Bonchev–Trinajstić information content (AvgIpc) is 2.38. The summed E-state index contributed by atoms with van der Waals surface area (Å²) in [5.41, 5.74) is 1.29. The SMILES string of the molecule is CC(C)C1CCN(c2cccc(F)c2[C@H](C)O)CC1. The van der Waals surface area contributed by atoms with Gasteiger partial charge in [0.1, 0.15) is 5.82 Å². The zero-order valence-corrected chi connectivity index (χ0v) is 12.1. The highest BCUT2D eigenvalue weighted by Gasteiger charge is 2.24. The number of anilines is 1. The van der Waals surface area contributed by atoms with Crippen molar-refractivity contribution < 1.29 is 9.50 Å². The van der Waals surface area contributed by atoms with Crippen molar-refractivity contribution in [3.8, 4) is 0 Å². The molecule has 1 N–H and O–H groups in total. The van der Waals surface area contributed by atoms with Crippen molar-refractivity contribution >= 4 is 5.69 Å². The van der Waals surface area contributed by atoms with Gasteiger partial charge in [-0.25, -0.2) is 4.39 Å². The highest BCUT2D eigenvalue weighted by atomic mass is 19.1. The van der Waals surface area contributed by atoms with Crippen molar-refractivity contribution in [1.82, 2.24) is 0 Å². The number of hydrogen-bond donors (Lipinski definition) is 1. The molecular formula is C16H24FNO. The van der Waals surface area contributed by atoms with E-state index in [1.54, 1.807) is 13.0 Å². The predicted molar refractivity (Wildman–Crippen MR) is 76.8 cm³/mol. The number of nitrogens with zero attached hydrogens (tertiary/aromatic N) is 1. The largest absolute Gasteiger partial charge is 0.389 e. The highest BCUT2D eigenvalue weighted by Crippen LogP contribution is 2.33. The Morgan fingerprint density at radius 3 is 2.37 bits per heavy atom. The second-order valence-corrected chi connectivity index (χ2v) is 5.92. The van der Waals surface area contributed by atoms with Crippen LogP contribution in [0.15, 0.2) is 18.2 Å². The maximum absolute atomic E-state index is 13.9. The van der Waals surface area contributed by atoms with Crippen molar-refractivity contribution in [3.63, 3.8) is 0 Å². The molecule has 1 aliphatic rings. The number of halogens is 1. The Morgan fingerprint density at radius 1 is 1.21 bits per heavy atom. The molecule has 0 unspecified atom stereocenters. The molecule has 1 saturated heterocycles. The molecule has 0 radical (unpaired) electrons. The first-order chi connectivity index (χ1) is 9.00. The van der Waals surface area contributed by atoms with E-state index in [-0.39, 0.29) is 5.82 Å². The maximum Gasteiger partial charge on any atom is 0.131 e. The molecule has 0 bridgehead atoms. The summed E-state index contributed by atoms with van der Waals surface area (Å²) in [6, 6.07) is 5.07. The summed E-state index contributed by atoms with van der Waals surface area (Å²) in [4.78, 5) is 2.21. The molecular weight excluding hydrogens is 241 g/mol. The van der Waals surface area contributed by atoms with Crippen molar-refractivity contribution in [2.24, 2.45) is 11.8 Å². The number of aliphatic hydroxyl groups excluding tert-OH is 1. The first kappa shape index (κ1) is 14.3. The van der Waals surface area contributed by atoms with Gasteiger partial charge in [0.25, 0.3) is 0 Å².